The summed E-state index contributed by atoms with van der Waals surface area (Å²) in [4.78, 5) is 32.6. The Morgan fingerprint density at radius 1 is 0.468 bits per heavy atom. The second-order valence-corrected chi connectivity index (χ2v) is 24.6. The summed E-state index contributed by atoms with van der Waals surface area (Å²) in [7, 11) is 0. The standard InChI is InChI=1S/C16H15F3N2S.C16H16F3NO2S.C16H18F3NOS.C15H15ClF3NS.C2H3N.CH4.Na.H2O/c1-2-3-4-13-14(9-10-20)22-15(21-13)11-5-7-12(8-6-11)16(17,18)19;1-2-3-4-12-13(9-14(21)22)23-15(20-12)10-5-7-11(8-6-10)16(17,18)19;1-2-3-4-13-14(9-10-21)22-15(20-13)11-5-7-12(8-6-11)16(17,18)19;1-2-3-4-12-13(9-16)21-14(20-12)10-5-7-11(8-6-10)15(17,18)19;1-2-3;;;/h5-8H,2-4,9H2,1H3;5-8H,2-4,9H2,1H3,(H,21,22);5-8,21H,2-4,9-10H2,1H3;5-8H,2-4,9H2,1H3;1H3;1H4;;1H2/q;;;;;;+1;/p-1. The summed E-state index contributed by atoms with van der Waals surface area (Å²) >= 11 is 11.4. The molecule has 0 amide bonds. The first-order valence-electron chi connectivity index (χ1n) is 28.8. The average Bonchev–Trinajstić information content (AvgIpc) is 1.65. The van der Waals surface area contributed by atoms with Gasteiger partial charge in [-0.1, -0.05) is 109 Å². The summed E-state index contributed by atoms with van der Waals surface area (Å²) in [5, 5.41) is 37.0. The van der Waals surface area contributed by atoms with Crippen LogP contribution < -0.4 is 29.6 Å². The summed E-state index contributed by atoms with van der Waals surface area (Å²) in [6.45, 7) is 9.78. The molecule has 8 rings (SSSR count). The van der Waals surface area contributed by atoms with Gasteiger partial charge in [-0.05, 0) is 99.9 Å². The second kappa shape index (κ2) is 42.0. The molecule has 506 valence electrons. The SMILES string of the molecule is C.CC#N.CCCCc1nc(-c2ccc(C(F)(F)F)cc2)sc1CC#N.CCCCc1nc(-c2ccc(C(F)(F)F)cc2)sc1CC(=O)O.CCCCc1nc(-c2ccc(C(F)(F)F)cc2)sc1CCO.CCCCc1nc(-c2ccc(C(F)(F)F)cc2)sc1CCl.[Na+].[OH-]. The van der Waals surface area contributed by atoms with Crippen molar-refractivity contribution in [3.05, 3.63) is 162 Å². The molecule has 3 N–H and O–H groups in total. The number of nitriles is 2. The number of halogens is 13. The molecule has 94 heavy (non-hydrogen) atoms. The van der Waals surface area contributed by atoms with Crippen molar-refractivity contribution in [2.24, 2.45) is 0 Å². The number of aryl methyl sites for hydroxylation is 4. The van der Waals surface area contributed by atoms with E-state index in [1.807, 2.05) is 6.92 Å². The van der Waals surface area contributed by atoms with Crippen LogP contribution in [0.15, 0.2) is 97.1 Å². The number of aliphatic hydroxyl groups is 1. The number of nitrogens with zero attached hydrogens (tertiary/aromatic N) is 6. The number of hydrogen-bond donors (Lipinski definition) is 2. The first kappa shape index (κ1) is 86.2. The van der Waals surface area contributed by atoms with Gasteiger partial charge in [0.1, 0.15) is 20.0 Å². The molecule has 4 aromatic carbocycles. The Kier molecular flexibility index (Phi) is 38.5. The average molecular weight is 1430 g/mol. The van der Waals surface area contributed by atoms with Crippen LogP contribution in [0.25, 0.3) is 42.3 Å². The molecule has 0 aliphatic rings. The number of benzene rings is 4. The van der Waals surface area contributed by atoms with E-state index in [2.05, 4.69) is 46.8 Å². The number of rotatable bonds is 22. The number of unbranched alkanes of at least 4 members (excludes halogenated alkanes) is 4. The summed E-state index contributed by atoms with van der Waals surface area (Å²) in [6.07, 6.45) is -5.45. The maximum Gasteiger partial charge on any atom is 1.00 e. The number of carboxylic acid groups (broad SMARTS) is 1. The van der Waals surface area contributed by atoms with Crippen molar-refractivity contribution in [2.75, 3.05) is 6.61 Å². The minimum Gasteiger partial charge on any atom is -0.870 e. The van der Waals surface area contributed by atoms with Crippen LogP contribution in [-0.4, -0.2) is 48.2 Å². The van der Waals surface area contributed by atoms with E-state index in [1.165, 1.54) is 101 Å². The summed E-state index contributed by atoms with van der Waals surface area (Å²) in [5.41, 5.74) is 3.45. The maximum atomic E-state index is 12.6. The fourth-order valence-electron chi connectivity index (χ4n) is 8.28. The fourth-order valence-corrected chi connectivity index (χ4v) is 12.8. The van der Waals surface area contributed by atoms with Crippen LogP contribution in [0.2, 0.25) is 0 Å². The van der Waals surface area contributed by atoms with Gasteiger partial charge in [0.15, 0.2) is 0 Å². The Bertz CT molecular complexity index is 3580. The number of aliphatic hydroxyl groups excluding tert-OH is 1. The van der Waals surface area contributed by atoms with Gasteiger partial charge in [-0.2, -0.15) is 63.2 Å². The Labute approximate surface area is 583 Å². The zero-order valence-electron chi connectivity index (χ0n) is 51.7. The minimum absolute atomic E-state index is 0. The second-order valence-electron chi connectivity index (χ2n) is 20.0. The molecule has 0 fully saturated rings. The molecule has 4 aromatic heterocycles. The van der Waals surface area contributed by atoms with Crippen molar-refractivity contribution in [3.8, 4) is 54.4 Å². The predicted octanol–water partition coefficient (Wildman–Crippen LogP) is 18.6. The van der Waals surface area contributed by atoms with Crippen molar-refractivity contribution < 1.29 is 103 Å². The number of hydrogen-bond acceptors (Lipinski definition) is 13. The Hall–Kier alpha value is -5.78. The van der Waals surface area contributed by atoms with Crippen LogP contribution in [-0.2, 0) is 80.3 Å². The molecular formula is C66H72ClF12N6NaO4S4. The van der Waals surface area contributed by atoms with Crippen LogP contribution in [0.1, 0.15) is 158 Å². The van der Waals surface area contributed by atoms with Gasteiger partial charge in [-0.25, -0.2) is 19.9 Å². The van der Waals surface area contributed by atoms with Gasteiger partial charge in [0.05, 0.1) is 75.9 Å². The number of aliphatic carboxylic acids is 1. The van der Waals surface area contributed by atoms with Gasteiger partial charge in [0.2, 0.25) is 0 Å². The van der Waals surface area contributed by atoms with Crippen LogP contribution in [0.4, 0.5) is 52.7 Å². The summed E-state index contributed by atoms with van der Waals surface area (Å²) < 4.78 is 151. The Balaban J connectivity index is 0.000000611. The van der Waals surface area contributed by atoms with Crippen molar-refractivity contribution in [1.82, 2.24) is 19.9 Å². The molecule has 0 saturated heterocycles. The zero-order chi connectivity index (χ0) is 67.5. The van der Waals surface area contributed by atoms with Gasteiger partial charge >= 0.3 is 60.2 Å². The first-order chi connectivity index (χ1) is 43.1. The molecule has 0 radical (unpaired) electrons. The normalized spacial score (nSPS) is 11.0. The quantitative estimate of drug-likeness (QED) is 0.0376. The van der Waals surface area contributed by atoms with Gasteiger partial charge in [-0.15, -0.1) is 56.9 Å². The minimum atomic E-state index is -4.37. The molecule has 10 nitrogen and oxygen atoms in total. The third-order valence-electron chi connectivity index (χ3n) is 13.0. The molecule has 0 spiro atoms. The van der Waals surface area contributed by atoms with E-state index in [0.717, 1.165) is 162 Å². The first-order valence-corrected chi connectivity index (χ1v) is 32.6. The molecule has 0 atom stereocenters. The largest absolute Gasteiger partial charge is 1.00 e. The molecule has 0 unspecified atom stereocenters. The van der Waals surface area contributed by atoms with Crippen LogP contribution in [0.5, 0.6) is 0 Å². The zero-order valence-corrected chi connectivity index (χ0v) is 57.8. The molecule has 0 saturated carbocycles. The van der Waals surface area contributed by atoms with E-state index in [9.17, 15) is 57.5 Å². The van der Waals surface area contributed by atoms with Gasteiger partial charge < -0.3 is 15.7 Å². The van der Waals surface area contributed by atoms with E-state index in [0.29, 0.717) is 60.9 Å². The van der Waals surface area contributed by atoms with Crippen LogP contribution in [0.3, 0.4) is 0 Å². The third-order valence-corrected chi connectivity index (χ3v) is 18.1. The van der Waals surface area contributed by atoms with E-state index in [-0.39, 0.29) is 61.9 Å². The van der Waals surface area contributed by atoms with E-state index in [1.54, 1.807) is 6.07 Å². The van der Waals surface area contributed by atoms with Gasteiger partial charge in [-0.3, -0.25) is 4.79 Å². The number of thiazole rings is 4. The number of alkyl halides is 13. The topological polar surface area (TPSA) is 187 Å². The maximum absolute atomic E-state index is 12.6. The van der Waals surface area contributed by atoms with Gasteiger partial charge in [0.25, 0.3) is 0 Å². The Morgan fingerprint density at radius 2 is 0.713 bits per heavy atom. The third kappa shape index (κ3) is 27.7. The molecule has 8 aromatic rings. The number of carbonyl (C=O) groups is 1. The molecule has 0 aliphatic heterocycles. The fraction of sp³-hybridized carbons (Fsp3) is 0.409. The van der Waals surface area contributed by atoms with E-state index >= 15 is 0 Å². The molecule has 0 bridgehead atoms. The monoisotopic (exact) mass is 1430 g/mol. The number of aromatic nitrogens is 4. The van der Waals surface area contributed by atoms with Crippen LogP contribution >= 0.6 is 56.9 Å². The van der Waals surface area contributed by atoms with E-state index < -0.39 is 52.9 Å². The van der Waals surface area contributed by atoms with Crippen molar-refractivity contribution in [2.45, 2.75) is 169 Å². The smallest absolute Gasteiger partial charge is 0.870 e. The van der Waals surface area contributed by atoms with Crippen molar-refractivity contribution in [1.29, 1.82) is 10.5 Å². The summed E-state index contributed by atoms with van der Waals surface area (Å²) in [6, 6.07) is 23.8. The van der Waals surface area contributed by atoms with E-state index in [4.69, 9.17) is 32.3 Å². The molecular weight excluding hydrogens is 1360 g/mol. The van der Waals surface area contributed by atoms with Gasteiger partial charge in [0, 0.05) is 61.7 Å². The summed E-state index contributed by atoms with van der Waals surface area (Å²) in [5.74, 6) is -0.553. The molecule has 28 heteroatoms. The van der Waals surface area contributed by atoms with Crippen molar-refractivity contribution >= 4 is 62.9 Å². The Morgan fingerprint density at radius 3 is 0.957 bits per heavy atom. The predicted molar refractivity (Wildman–Crippen MR) is 346 cm³/mol. The van der Waals surface area contributed by atoms with Crippen molar-refractivity contribution in [3.63, 3.8) is 0 Å². The van der Waals surface area contributed by atoms with Crippen LogP contribution in [0, 0.1) is 22.7 Å². The molecule has 4 heterocycles. The number of carboxylic acids is 1. The molecule has 0 aliphatic carbocycles.